The molecule has 1 heterocycles. The summed E-state index contributed by atoms with van der Waals surface area (Å²) >= 11 is 3.42. The molecule has 3 rings (SSSR count). The summed E-state index contributed by atoms with van der Waals surface area (Å²) in [5.74, 6) is 0.655. The van der Waals surface area contributed by atoms with Gasteiger partial charge in [0.1, 0.15) is 0 Å². The maximum Gasteiger partial charge on any atom is 0.204 e. The summed E-state index contributed by atoms with van der Waals surface area (Å²) in [6, 6.07) is 16.2. The first-order valence-corrected chi connectivity index (χ1v) is 7.09. The molecule has 2 aromatic carbocycles. The predicted molar refractivity (Wildman–Crippen MR) is 81.2 cm³/mol. The van der Waals surface area contributed by atoms with Crippen LogP contribution in [0.25, 0.3) is 11.4 Å². The van der Waals surface area contributed by atoms with Gasteiger partial charge in [0.2, 0.25) is 5.82 Å². The van der Waals surface area contributed by atoms with Crippen molar-refractivity contribution >= 4 is 15.9 Å². The van der Waals surface area contributed by atoms with Gasteiger partial charge in [-0.25, -0.2) is 0 Å². The van der Waals surface area contributed by atoms with E-state index in [1.807, 2.05) is 48.5 Å². The molecule has 0 aliphatic heterocycles. The summed E-state index contributed by atoms with van der Waals surface area (Å²) in [4.78, 5) is 1.61. The number of hydrogen-bond donors (Lipinski definition) is 0. The Morgan fingerprint density at radius 3 is 2.40 bits per heavy atom. The number of hydrogen-bond acceptors (Lipinski definition) is 3. The number of aromatic nitrogens is 4. The molecule has 0 amide bonds. The Hall–Kier alpha value is -2.01. The van der Waals surface area contributed by atoms with E-state index in [9.17, 15) is 0 Å². The summed E-state index contributed by atoms with van der Waals surface area (Å²) < 4.78 is 1.06. The lowest BCUT2D eigenvalue weighted by molar-refractivity contribution is 0.573. The van der Waals surface area contributed by atoms with Gasteiger partial charge in [-0.3, -0.25) is 0 Å². The summed E-state index contributed by atoms with van der Waals surface area (Å²) in [5.41, 5.74) is 3.34. The number of nitrogens with zero attached hydrogens (tertiary/aromatic N) is 4. The first-order valence-electron chi connectivity index (χ1n) is 6.30. The zero-order valence-corrected chi connectivity index (χ0v) is 12.6. The number of rotatable bonds is 3. The molecule has 0 saturated heterocycles. The predicted octanol–water partition coefficient (Wildman–Crippen LogP) is 3.46. The molecule has 5 heteroatoms. The SMILES string of the molecule is Cc1ccc(-c2nnn(Cc3ccc(Br)cc3)n2)cc1. The molecule has 1 aromatic heterocycles. The monoisotopic (exact) mass is 328 g/mol. The average molecular weight is 329 g/mol. The van der Waals surface area contributed by atoms with Crippen molar-refractivity contribution in [2.24, 2.45) is 0 Å². The Labute approximate surface area is 125 Å². The third-order valence-electron chi connectivity index (χ3n) is 3.00. The third kappa shape index (κ3) is 2.93. The highest BCUT2D eigenvalue weighted by Crippen LogP contribution is 2.15. The quantitative estimate of drug-likeness (QED) is 0.739. The van der Waals surface area contributed by atoms with Crippen molar-refractivity contribution in [1.29, 1.82) is 0 Å². The lowest BCUT2D eigenvalue weighted by Crippen LogP contribution is -2.03. The summed E-state index contributed by atoms with van der Waals surface area (Å²) in [6.07, 6.45) is 0. The first-order chi connectivity index (χ1) is 9.70. The molecule has 100 valence electrons. The minimum absolute atomic E-state index is 0.617. The molecule has 0 bridgehead atoms. The van der Waals surface area contributed by atoms with Gasteiger partial charge in [0.05, 0.1) is 6.54 Å². The Kier molecular flexibility index (Phi) is 3.60. The van der Waals surface area contributed by atoms with Crippen LogP contribution in [0.1, 0.15) is 11.1 Å². The van der Waals surface area contributed by atoms with E-state index < -0.39 is 0 Å². The molecule has 0 unspecified atom stereocenters. The van der Waals surface area contributed by atoms with Gasteiger partial charge in [-0.2, -0.15) is 4.80 Å². The van der Waals surface area contributed by atoms with Gasteiger partial charge in [0.25, 0.3) is 0 Å². The Morgan fingerprint density at radius 1 is 1.00 bits per heavy atom. The van der Waals surface area contributed by atoms with E-state index in [4.69, 9.17) is 0 Å². The van der Waals surface area contributed by atoms with Crippen LogP contribution in [0, 0.1) is 6.92 Å². The van der Waals surface area contributed by atoms with Gasteiger partial charge >= 0.3 is 0 Å². The van der Waals surface area contributed by atoms with Crippen LogP contribution in [0.5, 0.6) is 0 Å². The molecule has 0 aliphatic carbocycles. The lowest BCUT2D eigenvalue weighted by Gasteiger charge is -1.99. The molecule has 3 aromatic rings. The summed E-state index contributed by atoms with van der Waals surface area (Å²) in [7, 11) is 0. The van der Waals surface area contributed by atoms with E-state index in [2.05, 4.69) is 38.3 Å². The largest absolute Gasteiger partial charge is 0.204 e. The molecule has 0 fully saturated rings. The normalized spacial score (nSPS) is 10.7. The smallest absolute Gasteiger partial charge is 0.159 e. The van der Waals surface area contributed by atoms with Gasteiger partial charge in [-0.15, -0.1) is 10.2 Å². The fraction of sp³-hybridized carbons (Fsp3) is 0.133. The van der Waals surface area contributed by atoms with Crippen molar-refractivity contribution in [2.75, 3.05) is 0 Å². The molecular formula is C15H13BrN4. The van der Waals surface area contributed by atoms with Crippen LogP contribution in [-0.2, 0) is 6.54 Å². The summed E-state index contributed by atoms with van der Waals surface area (Å²) in [6.45, 7) is 2.67. The highest BCUT2D eigenvalue weighted by atomic mass is 79.9. The third-order valence-corrected chi connectivity index (χ3v) is 3.53. The minimum atomic E-state index is 0.617. The van der Waals surface area contributed by atoms with Crippen LogP contribution in [0.15, 0.2) is 53.0 Å². The van der Waals surface area contributed by atoms with Crippen LogP contribution >= 0.6 is 15.9 Å². The van der Waals surface area contributed by atoms with Crippen molar-refractivity contribution in [3.8, 4) is 11.4 Å². The summed E-state index contributed by atoms with van der Waals surface area (Å²) in [5, 5.41) is 12.6. The standard InChI is InChI=1S/C15H13BrN4/c1-11-2-6-13(7-3-11)15-17-19-20(18-15)10-12-4-8-14(16)9-5-12/h2-9H,10H2,1H3. The highest BCUT2D eigenvalue weighted by Gasteiger charge is 2.06. The molecule has 4 nitrogen and oxygen atoms in total. The van der Waals surface area contributed by atoms with Gasteiger partial charge in [-0.1, -0.05) is 57.9 Å². The number of aryl methyl sites for hydroxylation is 1. The maximum atomic E-state index is 4.41. The van der Waals surface area contributed by atoms with Crippen LogP contribution in [0.4, 0.5) is 0 Å². The molecule has 0 radical (unpaired) electrons. The Balaban J connectivity index is 1.80. The zero-order chi connectivity index (χ0) is 13.9. The van der Waals surface area contributed by atoms with Gasteiger partial charge < -0.3 is 0 Å². The van der Waals surface area contributed by atoms with Gasteiger partial charge in [0, 0.05) is 10.0 Å². The van der Waals surface area contributed by atoms with Crippen molar-refractivity contribution in [1.82, 2.24) is 20.2 Å². The van der Waals surface area contributed by atoms with Crippen molar-refractivity contribution < 1.29 is 0 Å². The molecule has 0 atom stereocenters. The number of halogens is 1. The van der Waals surface area contributed by atoms with E-state index >= 15 is 0 Å². The zero-order valence-electron chi connectivity index (χ0n) is 11.0. The Bertz CT molecular complexity index is 701. The van der Waals surface area contributed by atoms with Crippen LogP contribution in [-0.4, -0.2) is 20.2 Å². The molecule has 0 saturated carbocycles. The van der Waals surface area contributed by atoms with Crippen molar-refractivity contribution in [3.05, 3.63) is 64.1 Å². The van der Waals surface area contributed by atoms with Gasteiger partial charge in [-0.05, 0) is 29.8 Å². The fourth-order valence-electron chi connectivity index (χ4n) is 1.88. The molecule has 0 N–H and O–H groups in total. The Morgan fingerprint density at radius 2 is 1.70 bits per heavy atom. The highest BCUT2D eigenvalue weighted by molar-refractivity contribution is 9.10. The van der Waals surface area contributed by atoms with Crippen molar-refractivity contribution in [2.45, 2.75) is 13.5 Å². The van der Waals surface area contributed by atoms with Crippen LogP contribution < -0.4 is 0 Å². The van der Waals surface area contributed by atoms with Crippen molar-refractivity contribution in [3.63, 3.8) is 0 Å². The van der Waals surface area contributed by atoms with E-state index in [0.717, 1.165) is 15.6 Å². The van der Waals surface area contributed by atoms with E-state index in [0.29, 0.717) is 12.4 Å². The molecule has 0 spiro atoms. The maximum absolute atomic E-state index is 4.41. The molecule has 20 heavy (non-hydrogen) atoms. The number of tetrazole rings is 1. The van der Waals surface area contributed by atoms with E-state index in [-0.39, 0.29) is 0 Å². The topological polar surface area (TPSA) is 43.6 Å². The fourth-order valence-corrected chi connectivity index (χ4v) is 2.15. The molecule has 0 aliphatic rings. The number of benzene rings is 2. The van der Waals surface area contributed by atoms with E-state index in [1.165, 1.54) is 5.56 Å². The first kappa shape index (κ1) is 13.0. The average Bonchev–Trinajstić information content (AvgIpc) is 2.91. The van der Waals surface area contributed by atoms with Crippen LogP contribution in [0.2, 0.25) is 0 Å². The lowest BCUT2D eigenvalue weighted by atomic mass is 10.1. The van der Waals surface area contributed by atoms with Crippen LogP contribution in [0.3, 0.4) is 0 Å². The second-order valence-electron chi connectivity index (χ2n) is 4.64. The minimum Gasteiger partial charge on any atom is -0.159 e. The van der Waals surface area contributed by atoms with Gasteiger partial charge in [0.15, 0.2) is 0 Å². The van der Waals surface area contributed by atoms with E-state index in [1.54, 1.807) is 4.80 Å². The second kappa shape index (κ2) is 5.54. The molecular weight excluding hydrogens is 316 g/mol. The second-order valence-corrected chi connectivity index (χ2v) is 5.55.